The van der Waals surface area contributed by atoms with Crippen LogP contribution in [0.25, 0.3) is 10.8 Å². The van der Waals surface area contributed by atoms with Crippen LogP contribution in [0.5, 0.6) is 5.75 Å². The molecule has 2 aromatic carbocycles. The number of benzene rings is 2. The van der Waals surface area contributed by atoms with Gasteiger partial charge in [0.25, 0.3) is 5.69 Å². The number of ether oxygens (including phenoxy) is 1. The molecule has 0 aliphatic carbocycles. The Kier molecular flexibility index (Phi) is 2.48. The molecule has 0 saturated heterocycles. The first-order valence-electron chi connectivity index (χ1n) is 4.84. The molecule has 0 spiro atoms. The van der Waals surface area contributed by atoms with E-state index in [1.54, 1.807) is 25.3 Å². The van der Waals surface area contributed by atoms with Gasteiger partial charge in [-0.05, 0) is 30.0 Å². The minimum absolute atomic E-state index is 0.119. The maximum absolute atomic E-state index is 10.9. The van der Waals surface area contributed by atoms with Crippen LogP contribution in [0.4, 0.5) is 5.69 Å². The fourth-order valence-corrected chi connectivity index (χ4v) is 1.74. The summed E-state index contributed by atoms with van der Waals surface area (Å²) >= 11 is 0. The first-order chi connectivity index (χ1) is 7.61. The number of nitrogens with zero attached hydrogens (tertiary/aromatic N) is 1. The zero-order chi connectivity index (χ0) is 11.7. The maximum atomic E-state index is 10.9. The molecule has 0 radical (unpaired) electrons. The minimum atomic E-state index is -0.366. The Hall–Kier alpha value is -2.10. The normalized spacial score (nSPS) is 10.4. The van der Waals surface area contributed by atoms with E-state index >= 15 is 0 Å². The van der Waals surface area contributed by atoms with Crippen molar-refractivity contribution in [2.75, 3.05) is 7.11 Å². The molecule has 2 aromatic rings. The summed E-state index contributed by atoms with van der Waals surface area (Å²) in [6.45, 7) is 1.84. The largest absolute Gasteiger partial charge is 0.497 e. The van der Waals surface area contributed by atoms with Crippen molar-refractivity contribution >= 4 is 16.5 Å². The van der Waals surface area contributed by atoms with Gasteiger partial charge in [-0.3, -0.25) is 10.1 Å². The number of nitro groups is 1. The number of hydrogen-bond acceptors (Lipinski definition) is 3. The van der Waals surface area contributed by atoms with Crippen LogP contribution in [0.2, 0.25) is 0 Å². The number of hydrogen-bond donors (Lipinski definition) is 0. The summed E-state index contributed by atoms with van der Waals surface area (Å²) < 4.78 is 5.06. The van der Waals surface area contributed by atoms with Crippen molar-refractivity contribution in [2.45, 2.75) is 6.92 Å². The monoisotopic (exact) mass is 217 g/mol. The molecule has 0 amide bonds. The molecule has 0 saturated carbocycles. The van der Waals surface area contributed by atoms with Gasteiger partial charge in [0.15, 0.2) is 0 Å². The minimum Gasteiger partial charge on any atom is -0.497 e. The van der Waals surface area contributed by atoms with E-state index < -0.39 is 0 Å². The molecular formula is C12H11NO3. The molecule has 0 atom stereocenters. The van der Waals surface area contributed by atoms with Crippen molar-refractivity contribution in [3.05, 3.63) is 46.0 Å². The lowest BCUT2D eigenvalue weighted by Crippen LogP contribution is -1.91. The SMILES string of the molecule is COc1ccc2cc(C)cc([N+](=O)[O-])c2c1. The molecule has 0 aromatic heterocycles. The third-order valence-electron chi connectivity index (χ3n) is 2.48. The molecule has 2 rings (SSSR count). The lowest BCUT2D eigenvalue weighted by Gasteiger charge is -2.04. The summed E-state index contributed by atoms with van der Waals surface area (Å²) in [6, 6.07) is 8.80. The van der Waals surface area contributed by atoms with Crippen LogP contribution < -0.4 is 4.74 Å². The van der Waals surface area contributed by atoms with Crippen LogP contribution in [0.3, 0.4) is 0 Å². The topological polar surface area (TPSA) is 52.4 Å². The van der Waals surface area contributed by atoms with E-state index in [1.165, 1.54) is 0 Å². The number of nitro benzene ring substituents is 1. The van der Waals surface area contributed by atoms with Gasteiger partial charge in [-0.1, -0.05) is 12.1 Å². The van der Waals surface area contributed by atoms with Gasteiger partial charge in [0.1, 0.15) is 5.75 Å². The number of non-ortho nitro benzene ring substituents is 1. The van der Waals surface area contributed by atoms with Crippen molar-refractivity contribution in [1.82, 2.24) is 0 Å². The maximum Gasteiger partial charge on any atom is 0.277 e. The van der Waals surface area contributed by atoms with Gasteiger partial charge in [-0.2, -0.15) is 0 Å². The Morgan fingerprint density at radius 2 is 2.00 bits per heavy atom. The highest BCUT2D eigenvalue weighted by Gasteiger charge is 2.13. The Labute approximate surface area is 92.6 Å². The quantitative estimate of drug-likeness (QED) is 0.573. The van der Waals surface area contributed by atoms with Gasteiger partial charge in [0.2, 0.25) is 0 Å². The first-order valence-corrected chi connectivity index (χ1v) is 4.84. The van der Waals surface area contributed by atoms with Gasteiger partial charge in [-0.25, -0.2) is 0 Å². The lowest BCUT2D eigenvalue weighted by atomic mass is 10.1. The van der Waals surface area contributed by atoms with Gasteiger partial charge in [0.05, 0.1) is 17.4 Å². The molecule has 0 unspecified atom stereocenters. The van der Waals surface area contributed by atoms with Crippen LogP contribution in [0.15, 0.2) is 30.3 Å². The average molecular weight is 217 g/mol. The van der Waals surface area contributed by atoms with Gasteiger partial charge in [-0.15, -0.1) is 0 Å². The molecule has 0 bridgehead atoms. The predicted octanol–water partition coefficient (Wildman–Crippen LogP) is 3.07. The summed E-state index contributed by atoms with van der Waals surface area (Å²) in [5.41, 5.74) is 0.998. The van der Waals surface area contributed by atoms with Crippen LogP contribution in [-0.2, 0) is 0 Å². The zero-order valence-electron chi connectivity index (χ0n) is 9.06. The van der Waals surface area contributed by atoms with Gasteiger partial charge >= 0.3 is 0 Å². The van der Waals surface area contributed by atoms with E-state index in [-0.39, 0.29) is 10.6 Å². The van der Waals surface area contributed by atoms with Crippen molar-refractivity contribution in [3.8, 4) is 5.75 Å². The van der Waals surface area contributed by atoms with Crippen LogP contribution in [0, 0.1) is 17.0 Å². The third kappa shape index (κ3) is 1.69. The second-order valence-corrected chi connectivity index (χ2v) is 3.63. The highest BCUT2D eigenvalue weighted by Crippen LogP contribution is 2.30. The first kappa shape index (κ1) is 10.4. The molecule has 0 heterocycles. The van der Waals surface area contributed by atoms with Crippen molar-refractivity contribution in [3.63, 3.8) is 0 Å². The van der Waals surface area contributed by atoms with Crippen LogP contribution in [-0.4, -0.2) is 12.0 Å². The van der Waals surface area contributed by atoms with E-state index in [0.29, 0.717) is 11.1 Å². The van der Waals surface area contributed by atoms with E-state index in [9.17, 15) is 10.1 Å². The van der Waals surface area contributed by atoms with E-state index in [1.807, 2.05) is 19.1 Å². The smallest absolute Gasteiger partial charge is 0.277 e. The molecule has 0 aliphatic rings. The summed E-state index contributed by atoms with van der Waals surface area (Å²) in [7, 11) is 1.54. The fraction of sp³-hybridized carbons (Fsp3) is 0.167. The molecule has 0 fully saturated rings. The zero-order valence-corrected chi connectivity index (χ0v) is 9.06. The average Bonchev–Trinajstić information content (AvgIpc) is 2.27. The van der Waals surface area contributed by atoms with Crippen molar-refractivity contribution in [2.24, 2.45) is 0 Å². The van der Waals surface area contributed by atoms with Crippen molar-refractivity contribution in [1.29, 1.82) is 0 Å². The molecule has 4 heteroatoms. The molecule has 82 valence electrons. The lowest BCUT2D eigenvalue weighted by molar-refractivity contribution is -0.383. The van der Waals surface area contributed by atoms with Gasteiger partial charge < -0.3 is 4.74 Å². The van der Waals surface area contributed by atoms with E-state index in [4.69, 9.17) is 4.74 Å². The number of rotatable bonds is 2. The Balaban J connectivity index is 2.80. The van der Waals surface area contributed by atoms with Crippen LogP contribution in [0.1, 0.15) is 5.56 Å². The van der Waals surface area contributed by atoms with Crippen LogP contribution >= 0.6 is 0 Å². The third-order valence-corrected chi connectivity index (χ3v) is 2.48. The predicted molar refractivity (Wildman–Crippen MR) is 61.9 cm³/mol. The second kappa shape index (κ2) is 3.81. The molecule has 0 aliphatic heterocycles. The van der Waals surface area contributed by atoms with E-state index in [0.717, 1.165) is 10.9 Å². The number of methoxy groups -OCH3 is 1. The highest BCUT2D eigenvalue weighted by molar-refractivity contribution is 5.92. The Morgan fingerprint density at radius 1 is 1.25 bits per heavy atom. The van der Waals surface area contributed by atoms with Crippen molar-refractivity contribution < 1.29 is 9.66 Å². The summed E-state index contributed by atoms with van der Waals surface area (Å²) in [4.78, 5) is 10.6. The molecule has 16 heavy (non-hydrogen) atoms. The van der Waals surface area contributed by atoms with Gasteiger partial charge in [0, 0.05) is 6.07 Å². The second-order valence-electron chi connectivity index (χ2n) is 3.63. The Morgan fingerprint density at radius 3 is 2.62 bits per heavy atom. The standard InChI is InChI=1S/C12H11NO3/c1-8-5-9-3-4-10(16-2)7-11(9)12(6-8)13(14)15/h3-7H,1-2H3. The fourth-order valence-electron chi connectivity index (χ4n) is 1.74. The molecule has 4 nitrogen and oxygen atoms in total. The summed E-state index contributed by atoms with van der Waals surface area (Å²) in [5.74, 6) is 0.624. The summed E-state index contributed by atoms with van der Waals surface area (Å²) in [5, 5.41) is 12.4. The van der Waals surface area contributed by atoms with E-state index in [2.05, 4.69) is 0 Å². The highest BCUT2D eigenvalue weighted by atomic mass is 16.6. The number of fused-ring (bicyclic) bond motifs is 1. The number of aryl methyl sites for hydroxylation is 1. The molecular weight excluding hydrogens is 206 g/mol. The Bertz CT molecular complexity index is 563. The summed E-state index contributed by atoms with van der Waals surface area (Å²) in [6.07, 6.45) is 0. The molecule has 0 N–H and O–H groups in total.